The topological polar surface area (TPSA) is 50.7 Å². The number of methoxy groups -OCH3 is 1. The SMILES string of the molecule is COc1ccc(CNCCO)cc1OCc1ccccc1. The van der Waals surface area contributed by atoms with Gasteiger partial charge in [-0.3, -0.25) is 0 Å². The first-order valence-corrected chi connectivity index (χ1v) is 6.98. The van der Waals surface area contributed by atoms with E-state index in [1.165, 1.54) is 0 Å². The molecular weight excluding hydrogens is 266 g/mol. The standard InChI is InChI=1S/C17H21NO3/c1-20-16-8-7-15(12-18-9-10-19)11-17(16)21-13-14-5-3-2-4-6-14/h2-8,11,18-19H,9-10,12-13H2,1H3. The van der Waals surface area contributed by atoms with Crippen LogP contribution in [0.3, 0.4) is 0 Å². The van der Waals surface area contributed by atoms with Crippen LogP contribution in [0.4, 0.5) is 0 Å². The molecule has 0 heterocycles. The summed E-state index contributed by atoms with van der Waals surface area (Å²) in [6.07, 6.45) is 0. The van der Waals surface area contributed by atoms with Crippen molar-refractivity contribution in [2.24, 2.45) is 0 Å². The van der Waals surface area contributed by atoms with Gasteiger partial charge < -0.3 is 19.9 Å². The third-order valence-electron chi connectivity index (χ3n) is 3.08. The summed E-state index contributed by atoms with van der Waals surface area (Å²) in [6, 6.07) is 15.9. The molecule has 0 radical (unpaired) electrons. The molecule has 2 aromatic carbocycles. The van der Waals surface area contributed by atoms with Crippen LogP contribution >= 0.6 is 0 Å². The molecule has 0 aliphatic rings. The molecular formula is C17H21NO3. The lowest BCUT2D eigenvalue weighted by atomic mass is 10.2. The number of nitrogens with one attached hydrogen (secondary N) is 1. The van der Waals surface area contributed by atoms with Gasteiger partial charge in [-0.1, -0.05) is 36.4 Å². The van der Waals surface area contributed by atoms with Gasteiger partial charge in [-0.05, 0) is 23.3 Å². The van der Waals surface area contributed by atoms with Crippen LogP contribution in [0.15, 0.2) is 48.5 Å². The van der Waals surface area contributed by atoms with Gasteiger partial charge in [0.1, 0.15) is 6.61 Å². The Bertz CT molecular complexity index is 543. The summed E-state index contributed by atoms with van der Waals surface area (Å²) in [4.78, 5) is 0. The molecule has 2 N–H and O–H groups in total. The molecule has 21 heavy (non-hydrogen) atoms. The van der Waals surface area contributed by atoms with E-state index < -0.39 is 0 Å². The summed E-state index contributed by atoms with van der Waals surface area (Å²) in [5.74, 6) is 1.45. The molecule has 0 atom stereocenters. The molecule has 2 rings (SSSR count). The largest absolute Gasteiger partial charge is 0.493 e. The maximum atomic E-state index is 8.78. The molecule has 0 unspecified atom stereocenters. The number of aliphatic hydroxyl groups is 1. The van der Waals surface area contributed by atoms with Crippen LogP contribution in [0.5, 0.6) is 11.5 Å². The number of hydrogen-bond acceptors (Lipinski definition) is 4. The van der Waals surface area contributed by atoms with E-state index >= 15 is 0 Å². The average molecular weight is 287 g/mol. The maximum absolute atomic E-state index is 8.78. The molecule has 4 nitrogen and oxygen atoms in total. The average Bonchev–Trinajstić information content (AvgIpc) is 2.54. The second kappa shape index (κ2) is 8.29. The molecule has 0 spiro atoms. The lowest BCUT2D eigenvalue weighted by Gasteiger charge is -2.13. The van der Waals surface area contributed by atoms with Crippen molar-refractivity contribution >= 4 is 0 Å². The quantitative estimate of drug-likeness (QED) is 0.732. The summed E-state index contributed by atoms with van der Waals surface area (Å²) in [7, 11) is 1.63. The highest BCUT2D eigenvalue weighted by Gasteiger charge is 2.06. The van der Waals surface area contributed by atoms with Crippen LogP contribution in [-0.2, 0) is 13.2 Å². The van der Waals surface area contributed by atoms with Crippen LogP contribution in [-0.4, -0.2) is 25.4 Å². The first-order valence-electron chi connectivity index (χ1n) is 6.98. The second-order valence-corrected chi connectivity index (χ2v) is 4.66. The molecule has 2 aromatic rings. The van der Waals surface area contributed by atoms with E-state index in [1.54, 1.807) is 7.11 Å². The number of benzene rings is 2. The second-order valence-electron chi connectivity index (χ2n) is 4.66. The Kier molecular flexibility index (Phi) is 6.06. The minimum atomic E-state index is 0.132. The van der Waals surface area contributed by atoms with E-state index in [9.17, 15) is 0 Å². The Hall–Kier alpha value is -2.04. The fourth-order valence-electron chi connectivity index (χ4n) is 1.99. The fraction of sp³-hybridized carbons (Fsp3) is 0.294. The van der Waals surface area contributed by atoms with Crippen molar-refractivity contribution in [2.45, 2.75) is 13.2 Å². The molecule has 4 heteroatoms. The van der Waals surface area contributed by atoms with Crippen molar-refractivity contribution in [3.05, 3.63) is 59.7 Å². The highest BCUT2D eigenvalue weighted by atomic mass is 16.5. The van der Waals surface area contributed by atoms with Crippen LogP contribution in [0.2, 0.25) is 0 Å². The van der Waals surface area contributed by atoms with Crippen LogP contribution in [0.25, 0.3) is 0 Å². The summed E-state index contributed by atoms with van der Waals surface area (Å²) < 4.78 is 11.2. The van der Waals surface area contributed by atoms with Crippen molar-refractivity contribution in [1.29, 1.82) is 0 Å². The van der Waals surface area contributed by atoms with E-state index in [0.717, 1.165) is 22.6 Å². The predicted octanol–water partition coefficient (Wildman–Crippen LogP) is 2.36. The van der Waals surface area contributed by atoms with Gasteiger partial charge >= 0.3 is 0 Å². The van der Waals surface area contributed by atoms with E-state index in [0.29, 0.717) is 19.7 Å². The highest BCUT2D eigenvalue weighted by molar-refractivity contribution is 5.43. The van der Waals surface area contributed by atoms with Gasteiger partial charge in [0.05, 0.1) is 13.7 Å². The van der Waals surface area contributed by atoms with Crippen LogP contribution in [0, 0.1) is 0 Å². The van der Waals surface area contributed by atoms with Gasteiger partial charge in [0.2, 0.25) is 0 Å². The van der Waals surface area contributed by atoms with Crippen molar-refractivity contribution in [1.82, 2.24) is 5.32 Å². The smallest absolute Gasteiger partial charge is 0.161 e. The van der Waals surface area contributed by atoms with Gasteiger partial charge in [0.15, 0.2) is 11.5 Å². The number of hydrogen-bond donors (Lipinski definition) is 2. The third-order valence-corrected chi connectivity index (χ3v) is 3.08. The molecule has 0 aromatic heterocycles. The van der Waals surface area contributed by atoms with E-state index in [4.69, 9.17) is 14.6 Å². The van der Waals surface area contributed by atoms with Gasteiger partial charge in [-0.25, -0.2) is 0 Å². The lowest BCUT2D eigenvalue weighted by Crippen LogP contribution is -2.17. The zero-order chi connectivity index (χ0) is 14.9. The van der Waals surface area contributed by atoms with E-state index in [-0.39, 0.29) is 6.61 Å². The van der Waals surface area contributed by atoms with Gasteiger partial charge in [-0.2, -0.15) is 0 Å². The Morgan fingerprint density at radius 1 is 1.00 bits per heavy atom. The van der Waals surface area contributed by atoms with Crippen LogP contribution < -0.4 is 14.8 Å². The predicted molar refractivity (Wildman–Crippen MR) is 82.6 cm³/mol. The molecule has 0 amide bonds. The monoisotopic (exact) mass is 287 g/mol. The zero-order valence-electron chi connectivity index (χ0n) is 12.2. The summed E-state index contributed by atoms with van der Waals surface area (Å²) in [5.41, 5.74) is 2.20. The van der Waals surface area contributed by atoms with Crippen molar-refractivity contribution < 1.29 is 14.6 Å². The van der Waals surface area contributed by atoms with E-state index in [1.807, 2.05) is 48.5 Å². The first kappa shape index (κ1) is 15.4. The van der Waals surface area contributed by atoms with E-state index in [2.05, 4.69) is 5.32 Å². The normalized spacial score (nSPS) is 10.4. The Balaban J connectivity index is 2.03. The number of rotatable bonds is 8. The number of aliphatic hydroxyl groups excluding tert-OH is 1. The Morgan fingerprint density at radius 2 is 1.81 bits per heavy atom. The molecule has 112 valence electrons. The van der Waals surface area contributed by atoms with Gasteiger partial charge in [0.25, 0.3) is 0 Å². The summed E-state index contributed by atoms with van der Waals surface area (Å²) in [6.45, 7) is 1.90. The first-order chi connectivity index (χ1) is 10.3. The molecule has 0 fully saturated rings. The minimum absolute atomic E-state index is 0.132. The van der Waals surface area contributed by atoms with Crippen molar-refractivity contribution in [3.63, 3.8) is 0 Å². The fourth-order valence-corrected chi connectivity index (χ4v) is 1.99. The van der Waals surface area contributed by atoms with Crippen molar-refractivity contribution in [3.8, 4) is 11.5 Å². The van der Waals surface area contributed by atoms with Gasteiger partial charge in [0, 0.05) is 13.1 Å². The molecule has 0 saturated carbocycles. The number of ether oxygens (including phenoxy) is 2. The zero-order valence-corrected chi connectivity index (χ0v) is 12.2. The molecule has 0 saturated heterocycles. The summed E-state index contributed by atoms with van der Waals surface area (Å²) in [5, 5.41) is 11.9. The third kappa shape index (κ3) is 4.77. The Morgan fingerprint density at radius 3 is 2.52 bits per heavy atom. The molecule has 0 bridgehead atoms. The molecule has 0 aliphatic carbocycles. The highest BCUT2D eigenvalue weighted by Crippen LogP contribution is 2.28. The van der Waals surface area contributed by atoms with Gasteiger partial charge in [-0.15, -0.1) is 0 Å². The lowest BCUT2D eigenvalue weighted by molar-refractivity contribution is 0.283. The maximum Gasteiger partial charge on any atom is 0.161 e. The molecule has 0 aliphatic heterocycles. The van der Waals surface area contributed by atoms with Crippen LogP contribution in [0.1, 0.15) is 11.1 Å². The minimum Gasteiger partial charge on any atom is -0.493 e. The summed E-state index contributed by atoms with van der Waals surface area (Å²) >= 11 is 0. The Labute approximate surface area is 125 Å². The van der Waals surface area contributed by atoms with Crippen molar-refractivity contribution in [2.75, 3.05) is 20.3 Å².